The molecule has 2 N–H and O–H groups in total. The summed E-state index contributed by atoms with van der Waals surface area (Å²) in [6.45, 7) is 3.42. The monoisotopic (exact) mass is 460 g/mol. The van der Waals surface area contributed by atoms with Crippen molar-refractivity contribution in [1.29, 1.82) is 0 Å². The average Bonchev–Trinajstić information content (AvgIpc) is 2.71. The third-order valence-electron chi connectivity index (χ3n) is 3.61. The van der Waals surface area contributed by atoms with Gasteiger partial charge in [0, 0.05) is 26.1 Å². The van der Waals surface area contributed by atoms with Crippen LogP contribution in [0.3, 0.4) is 0 Å². The normalized spacial score (nSPS) is 15.2. The van der Waals surface area contributed by atoms with Crippen molar-refractivity contribution < 1.29 is 13.2 Å². The molecule has 0 unspecified atom stereocenters. The number of fused-ring (bicyclic) bond motifs is 1. The fraction of sp³-hybridized carbons (Fsp3) is 0.786. The molecular weight excluding hydrogens is 436 g/mol. The van der Waals surface area contributed by atoms with E-state index < -0.39 is 12.6 Å². The van der Waals surface area contributed by atoms with Crippen molar-refractivity contribution in [2.24, 2.45) is 4.99 Å². The van der Waals surface area contributed by atoms with Crippen molar-refractivity contribution in [2.45, 2.75) is 58.3 Å². The molecule has 2 rings (SSSR count). The lowest BCUT2D eigenvalue weighted by atomic mass is 10.2. The third-order valence-corrected chi connectivity index (χ3v) is 3.61. The van der Waals surface area contributed by atoms with Crippen molar-refractivity contribution in [3.05, 3.63) is 11.6 Å². The van der Waals surface area contributed by atoms with Gasteiger partial charge in [0.25, 0.3) is 0 Å². The molecular formula is C14H24F3IN6. The number of alkyl halides is 3. The second-order valence-corrected chi connectivity index (χ2v) is 5.48. The molecule has 2 heterocycles. The van der Waals surface area contributed by atoms with Crippen LogP contribution in [-0.4, -0.2) is 40.0 Å². The summed E-state index contributed by atoms with van der Waals surface area (Å²) in [5.74, 6) is 2.10. The molecule has 24 heavy (non-hydrogen) atoms. The van der Waals surface area contributed by atoms with Crippen LogP contribution in [0.1, 0.15) is 44.3 Å². The van der Waals surface area contributed by atoms with Gasteiger partial charge in [-0.2, -0.15) is 13.2 Å². The molecule has 0 amide bonds. The highest BCUT2D eigenvalue weighted by Gasteiger charge is 2.26. The molecule has 0 aromatic carbocycles. The molecule has 1 aliphatic heterocycles. The van der Waals surface area contributed by atoms with E-state index in [1.165, 1.54) is 6.42 Å². The molecule has 1 aromatic heterocycles. The van der Waals surface area contributed by atoms with Gasteiger partial charge in [-0.25, -0.2) is 4.99 Å². The van der Waals surface area contributed by atoms with Crippen LogP contribution in [-0.2, 0) is 19.5 Å². The standard InChI is InChI=1S/C14H23F3N6.HI/c1-2-18-13(19-8-7-14(15,16)17)20-10-12-22-21-11-6-4-3-5-9-23(11)12;/h2-10H2,1H3,(H2,18,19,20);1H. The second-order valence-electron chi connectivity index (χ2n) is 5.48. The van der Waals surface area contributed by atoms with E-state index in [1.807, 2.05) is 6.92 Å². The van der Waals surface area contributed by atoms with Crippen LogP contribution in [0, 0.1) is 0 Å². The average molecular weight is 460 g/mol. The second kappa shape index (κ2) is 10.0. The highest BCUT2D eigenvalue weighted by Crippen LogP contribution is 2.18. The molecule has 138 valence electrons. The highest BCUT2D eigenvalue weighted by atomic mass is 127. The van der Waals surface area contributed by atoms with Crippen LogP contribution in [0.2, 0.25) is 0 Å². The Morgan fingerprint density at radius 1 is 1.21 bits per heavy atom. The van der Waals surface area contributed by atoms with Crippen LogP contribution in [0.5, 0.6) is 0 Å². The first kappa shape index (κ1) is 21.0. The van der Waals surface area contributed by atoms with Crippen molar-refractivity contribution >= 4 is 29.9 Å². The smallest absolute Gasteiger partial charge is 0.357 e. The SMILES string of the molecule is CCNC(=NCc1nnc2n1CCCCC2)NCCC(F)(F)F.I. The Balaban J connectivity index is 0.00000288. The van der Waals surface area contributed by atoms with Crippen molar-refractivity contribution in [3.63, 3.8) is 0 Å². The minimum Gasteiger partial charge on any atom is -0.357 e. The summed E-state index contributed by atoms with van der Waals surface area (Å²) >= 11 is 0. The van der Waals surface area contributed by atoms with Crippen molar-refractivity contribution in [2.75, 3.05) is 13.1 Å². The number of halogens is 4. The zero-order valence-electron chi connectivity index (χ0n) is 13.7. The quantitative estimate of drug-likeness (QED) is 0.403. The van der Waals surface area contributed by atoms with Crippen LogP contribution < -0.4 is 10.6 Å². The van der Waals surface area contributed by atoms with Gasteiger partial charge in [-0.3, -0.25) is 0 Å². The third kappa shape index (κ3) is 6.81. The maximum absolute atomic E-state index is 12.2. The molecule has 1 aliphatic rings. The van der Waals surface area contributed by atoms with E-state index in [0.717, 1.165) is 37.5 Å². The van der Waals surface area contributed by atoms with Crippen LogP contribution in [0.4, 0.5) is 13.2 Å². The summed E-state index contributed by atoms with van der Waals surface area (Å²) in [5, 5.41) is 14.0. The fourth-order valence-corrected chi connectivity index (χ4v) is 2.48. The summed E-state index contributed by atoms with van der Waals surface area (Å²) in [6.07, 6.45) is -0.768. The van der Waals surface area contributed by atoms with Crippen molar-refractivity contribution in [1.82, 2.24) is 25.4 Å². The number of hydrogen-bond donors (Lipinski definition) is 2. The van der Waals surface area contributed by atoms with Gasteiger partial charge in [-0.15, -0.1) is 34.2 Å². The lowest BCUT2D eigenvalue weighted by Gasteiger charge is -2.12. The fourth-order valence-electron chi connectivity index (χ4n) is 2.48. The Bertz CT molecular complexity index is 529. The number of nitrogens with one attached hydrogen (secondary N) is 2. The molecule has 0 radical (unpaired) electrons. The van der Waals surface area contributed by atoms with Crippen LogP contribution >= 0.6 is 24.0 Å². The summed E-state index contributed by atoms with van der Waals surface area (Å²) in [5.41, 5.74) is 0. The Morgan fingerprint density at radius 3 is 2.71 bits per heavy atom. The lowest BCUT2D eigenvalue weighted by Crippen LogP contribution is -2.39. The van der Waals surface area contributed by atoms with Gasteiger partial charge in [0.2, 0.25) is 0 Å². The van der Waals surface area contributed by atoms with E-state index in [-0.39, 0.29) is 30.5 Å². The molecule has 0 fully saturated rings. The van der Waals surface area contributed by atoms with E-state index in [1.54, 1.807) is 0 Å². The maximum atomic E-state index is 12.2. The van der Waals surface area contributed by atoms with Gasteiger partial charge >= 0.3 is 6.18 Å². The van der Waals surface area contributed by atoms with E-state index in [0.29, 0.717) is 19.0 Å². The van der Waals surface area contributed by atoms with Gasteiger partial charge in [0.05, 0.1) is 6.42 Å². The first-order valence-corrected chi connectivity index (χ1v) is 7.99. The zero-order valence-corrected chi connectivity index (χ0v) is 16.0. The molecule has 0 atom stereocenters. The zero-order chi connectivity index (χ0) is 16.7. The van der Waals surface area contributed by atoms with Gasteiger partial charge in [-0.1, -0.05) is 6.42 Å². The van der Waals surface area contributed by atoms with Gasteiger partial charge in [0.1, 0.15) is 12.4 Å². The van der Waals surface area contributed by atoms with E-state index >= 15 is 0 Å². The Kier molecular flexibility index (Phi) is 8.78. The highest BCUT2D eigenvalue weighted by molar-refractivity contribution is 14.0. The molecule has 0 bridgehead atoms. The number of hydrogen-bond acceptors (Lipinski definition) is 3. The maximum Gasteiger partial charge on any atom is 0.390 e. The first-order chi connectivity index (χ1) is 11.0. The Morgan fingerprint density at radius 2 is 2.00 bits per heavy atom. The van der Waals surface area contributed by atoms with Crippen LogP contribution in [0.25, 0.3) is 0 Å². The number of aromatic nitrogens is 3. The molecule has 0 spiro atoms. The summed E-state index contributed by atoms with van der Waals surface area (Å²) in [4.78, 5) is 4.32. The number of nitrogens with zero attached hydrogens (tertiary/aromatic N) is 4. The lowest BCUT2D eigenvalue weighted by molar-refractivity contribution is -0.132. The van der Waals surface area contributed by atoms with Crippen LogP contribution in [0.15, 0.2) is 4.99 Å². The topological polar surface area (TPSA) is 67.1 Å². The molecule has 0 saturated heterocycles. The predicted octanol–water partition coefficient (Wildman–Crippen LogP) is 2.63. The number of aryl methyl sites for hydroxylation is 1. The summed E-state index contributed by atoms with van der Waals surface area (Å²) < 4.78 is 38.7. The molecule has 6 nitrogen and oxygen atoms in total. The molecule has 10 heteroatoms. The predicted molar refractivity (Wildman–Crippen MR) is 96.5 cm³/mol. The van der Waals surface area contributed by atoms with Gasteiger partial charge < -0.3 is 15.2 Å². The molecule has 0 saturated carbocycles. The largest absolute Gasteiger partial charge is 0.390 e. The van der Waals surface area contributed by atoms with E-state index in [9.17, 15) is 13.2 Å². The van der Waals surface area contributed by atoms with Gasteiger partial charge in [-0.05, 0) is 19.8 Å². The summed E-state index contributed by atoms with van der Waals surface area (Å²) in [6, 6.07) is 0. The Labute approximate surface area is 156 Å². The van der Waals surface area contributed by atoms with Gasteiger partial charge in [0.15, 0.2) is 11.8 Å². The molecule has 1 aromatic rings. The number of guanidine groups is 1. The first-order valence-electron chi connectivity index (χ1n) is 7.99. The Hall–Kier alpha value is -1.07. The number of aliphatic imine (C=N–C) groups is 1. The number of rotatable bonds is 5. The van der Waals surface area contributed by atoms with E-state index in [4.69, 9.17) is 0 Å². The van der Waals surface area contributed by atoms with Crippen molar-refractivity contribution in [3.8, 4) is 0 Å². The minimum absolute atomic E-state index is 0. The summed E-state index contributed by atoms with van der Waals surface area (Å²) in [7, 11) is 0. The van der Waals surface area contributed by atoms with E-state index in [2.05, 4.69) is 30.4 Å². The minimum atomic E-state index is -4.17. The molecule has 0 aliphatic carbocycles.